The molecule has 0 saturated carbocycles. The first-order valence-electron chi connectivity index (χ1n) is 10.9. The Morgan fingerprint density at radius 2 is 1.76 bits per heavy atom. The maximum absolute atomic E-state index is 14.5. The van der Waals surface area contributed by atoms with Crippen molar-refractivity contribution in [3.05, 3.63) is 81.4 Å². The summed E-state index contributed by atoms with van der Waals surface area (Å²) in [6.07, 6.45) is 0. The van der Waals surface area contributed by atoms with Crippen LogP contribution in [0.4, 0.5) is 10.1 Å². The van der Waals surface area contributed by atoms with Gasteiger partial charge in [0.2, 0.25) is 0 Å². The molecule has 2 heterocycles. The summed E-state index contributed by atoms with van der Waals surface area (Å²) in [6, 6.07) is 12.1. The zero-order chi connectivity index (χ0) is 23.7. The molecule has 0 N–H and O–H groups in total. The van der Waals surface area contributed by atoms with Crippen LogP contribution in [0.5, 0.6) is 0 Å². The third kappa shape index (κ3) is 4.64. The molecule has 8 heteroatoms. The van der Waals surface area contributed by atoms with Crippen LogP contribution in [0.15, 0.2) is 42.5 Å². The Kier molecular flexibility index (Phi) is 6.51. The lowest BCUT2D eigenvalue weighted by atomic mass is 10.1. The fourth-order valence-corrected chi connectivity index (χ4v) is 4.43. The molecule has 4 rings (SSSR count). The molecule has 1 aliphatic rings. The van der Waals surface area contributed by atoms with Gasteiger partial charge in [0.15, 0.2) is 5.78 Å². The Hall–Kier alpha value is -3.19. The van der Waals surface area contributed by atoms with Crippen LogP contribution in [0.25, 0.3) is 0 Å². The van der Waals surface area contributed by atoms with Gasteiger partial charge in [-0.3, -0.25) is 14.3 Å². The minimum atomic E-state index is -0.421. The number of anilines is 1. The van der Waals surface area contributed by atoms with E-state index < -0.39 is 5.82 Å². The molecule has 3 aromatic rings. The van der Waals surface area contributed by atoms with Gasteiger partial charge in [0, 0.05) is 42.5 Å². The minimum Gasteiger partial charge on any atom is -0.366 e. The predicted molar refractivity (Wildman–Crippen MR) is 127 cm³/mol. The number of rotatable bonds is 5. The molecule has 6 nitrogen and oxygen atoms in total. The normalized spacial score (nSPS) is 14.0. The fourth-order valence-electron chi connectivity index (χ4n) is 4.24. The highest BCUT2D eigenvalue weighted by Gasteiger charge is 2.28. The highest BCUT2D eigenvalue weighted by atomic mass is 35.5. The van der Waals surface area contributed by atoms with Crippen LogP contribution in [0, 0.1) is 19.7 Å². The molecule has 2 aromatic carbocycles. The van der Waals surface area contributed by atoms with Gasteiger partial charge >= 0.3 is 0 Å². The highest BCUT2D eigenvalue weighted by Crippen LogP contribution is 2.24. The van der Waals surface area contributed by atoms with Gasteiger partial charge in [-0.25, -0.2) is 4.39 Å². The number of aromatic nitrogens is 2. The van der Waals surface area contributed by atoms with Crippen molar-refractivity contribution in [2.75, 3.05) is 31.1 Å². The topological polar surface area (TPSA) is 58.4 Å². The number of ketones is 1. The van der Waals surface area contributed by atoms with Gasteiger partial charge in [-0.05, 0) is 50.6 Å². The first-order valence-corrected chi connectivity index (χ1v) is 11.3. The van der Waals surface area contributed by atoms with Gasteiger partial charge in [0.25, 0.3) is 5.91 Å². The molecule has 0 spiro atoms. The van der Waals surface area contributed by atoms with E-state index in [2.05, 4.69) is 5.10 Å². The average molecular weight is 469 g/mol. The maximum atomic E-state index is 14.5. The van der Waals surface area contributed by atoms with E-state index >= 15 is 0 Å². The Morgan fingerprint density at radius 1 is 1.06 bits per heavy atom. The first-order chi connectivity index (χ1) is 15.8. The second-order valence-corrected chi connectivity index (χ2v) is 8.70. The summed E-state index contributed by atoms with van der Waals surface area (Å²) in [6.45, 7) is 7.60. The molecular formula is C25H26ClFN4O2. The van der Waals surface area contributed by atoms with Crippen molar-refractivity contribution in [3.63, 3.8) is 0 Å². The molecule has 0 bridgehead atoms. The molecule has 0 aliphatic carbocycles. The zero-order valence-corrected chi connectivity index (χ0v) is 19.7. The monoisotopic (exact) mass is 468 g/mol. The van der Waals surface area contributed by atoms with Crippen molar-refractivity contribution in [3.8, 4) is 0 Å². The van der Waals surface area contributed by atoms with Crippen molar-refractivity contribution in [1.29, 1.82) is 0 Å². The van der Waals surface area contributed by atoms with Crippen LogP contribution in [-0.4, -0.2) is 52.5 Å². The molecule has 0 radical (unpaired) electrons. The van der Waals surface area contributed by atoms with E-state index in [1.54, 1.807) is 17.0 Å². The zero-order valence-electron chi connectivity index (χ0n) is 18.9. The lowest BCUT2D eigenvalue weighted by Crippen LogP contribution is -2.49. The second-order valence-electron chi connectivity index (χ2n) is 8.30. The van der Waals surface area contributed by atoms with Crippen LogP contribution in [0.3, 0.4) is 0 Å². The number of hydrogen-bond donors (Lipinski definition) is 0. The summed E-state index contributed by atoms with van der Waals surface area (Å²) >= 11 is 6.29. The van der Waals surface area contributed by atoms with Gasteiger partial charge in [0.05, 0.1) is 23.5 Å². The van der Waals surface area contributed by atoms with Gasteiger partial charge in [-0.15, -0.1) is 0 Å². The molecule has 0 unspecified atom stereocenters. The third-order valence-electron chi connectivity index (χ3n) is 6.14. The average Bonchev–Trinajstić information content (AvgIpc) is 3.07. The molecular weight excluding hydrogens is 443 g/mol. The number of aryl methyl sites for hydroxylation is 1. The van der Waals surface area contributed by atoms with Crippen LogP contribution < -0.4 is 4.90 Å². The number of piperazine rings is 1. The van der Waals surface area contributed by atoms with Crippen molar-refractivity contribution in [2.24, 2.45) is 0 Å². The molecule has 1 fully saturated rings. The number of halogens is 2. The fraction of sp³-hybridized carbons (Fsp3) is 0.320. The molecule has 1 saturated heterocycles. The van der Waals surface area contributed by atoms with Crippen LogP contribution in [0.2, 0.25) is 5.02 Å². The lowest BCUT2D eigenvalue weighted by Gasteiger charge is -2.36. The summed E-state index contributed by atoms with van der Waals surface area (Å²) in [5, 5.41) is 5.25. The van der Waals surface area contributed by atoms with E-state index in [1.807, 2.05) is 47.7 Å². The Labute approximate surface area is 197 Å². The van der Waals surface area contributed by atoms with E-state index in [4.69, 9.17) is 11.6 Å². The number of carbonyl (C=O) groups is 2. The van der Waals surface area contributed by atoms with Crippen LogP contribution >= 0.6 is 11.6 Å². The number of hydrogen-bond acceptors (Lipinski definition) is 4. The van der Waals surface area contributed by atoms with Crippen molar-refractivity contribution in [2.45, 2.75) is 27.3 Å². The van der Waals surface area contributed by atoms with E-state index in [0.29, 0.717) is 60.3 Å². The summed E-state index contributed by atoms with van der Waals surface area (Å²) in [7, 11) is 0. The molecule has 1 aromatic heterocycles. The largest absolute Gasteiger partial charge is 0.366 e. The third-order valence-corrected chi connectivity index (χ3v) is 6.50. The SMILES string of the molecule is CC(=O)c1ccc(N2CCN(C(=O)c3c(C)nn(Cc4ccccc4Cl)c3C)CC2)c(F)c1. The van der Waals surface area contributed by atoms with Crippen molar-refractivity contribution >= 4 is 29.0 Å². The maximum Gasteiger partial charge on any atom is 0.257 e. The number of carbonyl (C=O) groups excluding carboxylic acids is 2. The van der Waals surface area contributed by atoms with E-state index in [-0.39, 0.29) is 11.7 Å². The van der Waals surface area contributed by atoms with Crippen LogP contribution in [-0.2, 0) is 6.54 Å². The Bertz CT molecular complexity index is 1220. The molecule has 1 amide bonds. The van der Waals surface area contributed by atoms with Gasteiger partial charge in [-0.2, -0.15) is 5.10 Å². The molecule has 1 aliphatic heterocycles. The predicted octanol–water partition coefficient (Wildman–Crippen LogP) is 4.51. The number of amides is 1. The van der Waals surface area contributed by atoms with Crippen molar-refractivity contribution in [1.82, 2.24) is 14.7 Å². The number of Topliss-reactive ketones (excluding diaryl/α,β-unsaturated/α-hetero) is 1. The summed E-state index contributed by atoms with van der Waals surface area (Å²) in [5.74, 6) is -0.658. The quantitative estimate of drug-likeness (QED) is 0.517. The second kappa shape index (κ2) is 9.35. The first kappa shape index (κ1) is 23.0. The molecule has 172 valence electrons. The Morgan fingerprint density at radius 3 is 2.39 bits per heavy atom. The van der Waals surface area contributed by atoms with Crippen LogP contribution in [0.1, 0.15) is 44.6 Å². The van der Waals surface area contributed by atoms with Gasteiger partial charge < -0.3 is 9.80 Å². The van der Waals surface area contributed by atoms with E-state index in [1.165, 1.54) is 13.0 Å². The summed E-state index contributed by atoms with van der Waals surface area (Å²) in [5.41, 5.74) is 3.82. The molecule has 33 heavy (non-hydrogen) atoms. The standard InChI is InChI=1S/C25H26ClFN4O2/c1-16-24(17(2)31(28-16)15-20-6-4-5-7-21(20)26)25(33)30-12-10-29(11-13-30)23-9-8-19(18(3)32)14-22(23)27/h4-9,14H,10-13,15H2,1-3H3. The smallest absolute Gasteiger partial charge is 0.257 e. The van der Waals surface area contributed by atoms with E-state index in [9.17, 15) is 14.0 Å². The summed E-state index contributed by atoms with van der Waals surface area (Å²) in [4.78, 5) is 28.5. The Balaban J connectivity index is 1.46. The minimum absolute atomic E-state index is 0.0672. The van der Waals surface area contributed by atoms with Gasteiger partial charge in [-0.1, -0.05) is 29.8 Å². The highest BCUT2D eigenvalue weighted by molar-refractivity contribution is 6.31. The van der Waals surface area contributed by atoms with Crippen molar-refractivity contribution < 1.29 is 14.0 Å². The summed E-state index contributed by atoms with van der Waals surface area (Å²) < 4.78 is 16.3. The number of benzene rings is 2. The van der Waals surface area contributed by atoms with E-state index in [0.717, 1.165) is 11.3 Å². The number of nitrogens with zero attached hydrogens (tertiary/aromatic N) is 4. The molecule has 0 atom stereocenters. The van der Waals surface area contributed by atoms with Gasteiger partial charge in [0.1, 0.15) is 5.82 Å². The lowest BCUT2D eigenvalue weighted by molar-refractivity contribution is 0.0744.